The van der Waals surface area contributed by atoms with Crippen LogP contribution in [0.1, 0.15) is 5.82 Å². The van der Waals surface area contributed by atoms with Gasteiger partial charge in [0, 0.05) is 18.8 Å². The zero-order chi connectivity index (χ0) is 9.80. The zero-order valence-corrected chi connectivity index (χ0v) is 7.42. The topological polar surface area (TPSA) is 72.0 Å². The Bertz CT molecular complexity index is 399. The van der Waals surface area contributed by atoms with Gasteiger partial charge in [-0.1, -0.05) is 5.16 Å². The summed E-state index contributed by atoms with van der Waals surface area (Å²) in [4.78, 5) is 8.03. The van der Waals surface area contributed by atoms with Gasteiger partial charge in [0.1, 0.15) is 0 Å². The Labute approximate surface area is 80.4 Å². The third-order valence-electron chi connectivity index (χ3n) is 1.71. The highest BCUT2D eigenvalue weighted by Gasteiger charge is 2.07. The predicted molar refractivity (Wildman–Crippen MR) is 48.3 cm³/mol. The Morgan fingerprint density at radius 3 is 3.07 bits per heavy atom. The van der Waals surface area contributed by atoms with E-state index in [0.29, 0.717) is 18.1 Å². The van der Waals surface area contributed by atoms with E-state index in [4.69, 9.17) is 9.63 Å². The van der Waals surface area contributed by atoms with Crippen LogP contribution >= 0.6 is 0 Å². The Morgan fingerprint density at radius 1 is 1.43 bits per heavy atom. The smallest absolute Gasteiger partial charge is 0.259 e. The molecule has 1 N–H and O–H groups in total. The van der Waals surface area contributed by atoms with Crippen molar-refractivity contribution in [2.75, 3.05) is 6.61 Å². The Morgan fingerprint density at radius 2 is 2.36 bits per heavy atom. The van der Waals surface area contributed by atoms with Crippen LogP contribution in [0.2, 0.25) is 0 Å². The van der Waals surface area contributed by atoms with Gasteiger partial charge in [0.2, 0.25) is 0 Å². The number of hydrogen-bond acceptors (Lipinski definition) is 5. The van der Waals surface area contributed by atoms with Crippen LogP contribution in [0.15, 0.2) is 29.0 Å². The minimum absolute atomic E-state index is 0.0199. The molecule has 0 unspecified atom stereocenters. The van der Waals surface area contributed by atoms with Gasteiger partial charge in [-0.25, -0.2) is 0 Å². The lowest BCUT2D eigenvalue weighted by Crippen LogP contribution is -1.92. The molecular weight excluding hydrogens is 182 g/mol. The molecule has 0 aromatic carbocycles. The first kappa shape index (κ1) is 8.83. The normalized spacial score (nSPS) is 10.4. The molecule has 0 saturated carbocycles. The molecule has 0 radical (unpaired) electrons. The maximum atomic E-state index is 8.67. The van der Waals surface area contributed by atoms with Crippen molar-refractivity contribution in [2.24, 2.45) is 0 Å². The van der Waals surface area contributed by atoms with Gasteiger partial charge in [-0.05, 0) is 12.1 Å². The molecule has 0 saturated heterocycles. The molecule has 2 aromatic rings. The molecule has 5 heteroatoms. The maximum absolute atomic E-state index is 8.67. The predicted octanol–water partition coefficient (Wildman–Crippen LogP) is 0.666. The monoisotopic (exact) mass is 191 g/mol. The Balaban J connectivity index is 2.25. The van der Waals surface area contributed by atoms with Gasteiger partial charge in [-0.2, -0.15) is 4.98 Å². The van der Waals surface area contributed by atoms with E-state index in [0.717, 1.165) is 5.56 Å². The van der Waals surface area contributed by atoms with E-state index in [1.807, 2.05) is 6.07 Å². The maximum Gasteiger partial charge on any atom is 0.259 e. The van der Waals surface area contributed by atoms with E-state index in [9.17, 15) is 0 Å². The summed E-state index contributed by atoms with van der Waals surface area (Å²) < 4.78 is 4.99. The SMILES string of the molecule is OCCc1noc(-c2cccnc2)n1. The van der Waals surface area contributed by atoms with Gasteiger partial charge in [-0.3, -0.25) is 4.98 Å². The van der Waals surface area contributed by atoms with Crippen molar-refractivity contribution in [2.45, 2.75) is 6.42 Å². The van der Waals surface area contributed by atoms with Crippen LogP contribution < -0.4 is 0 Å². The van der Waals surface area contributed by atoms with Crippen LogP contribution in [0.4, 0.5) is 0 Å². The lowest BCUT2D eigenvalue weighted by atomic mass is 10.3. The summed E-state index contributed by atoms with van der Waals surface area (Å²) in [5.41, 5.74) is 0.782. The molecule has 0 atom stereocenters. The number of nitrogens with zero attached hydrogens (tertiary/aromatic N) is 3. The molecule has 5 nitrogen and oxygen atoms in total. The number of pyridine rings is 1. The molecule has 0 aliphatic carbocycles. The fourth-order valence-electron chi connectivity index (χ4n) is 1.06. The summed E-state index contributed by atoms with van der Waals surface area (Å²) in [7, 11) is 0. The molecule has 2 heterocycles. The van der Waals surface area contributed by atoms with Gasteiger partial charge >= 0.3 is 0 Å². The molecule has 0 aliphatic heterocycles. The second kappa shape index (κ2) is 3.97. The number of aromatic nitrogens is 3. The van der Waals surface area contributed by atoms with Gasteiger partial charge in [-0.15, -0.1) is 0 Å². The first-order chi connectivity index (χ1) is 6.90. The lowest BCUT2D eigenvalue weighted by molar-refractivity contribution is 0.293. The highest BCUT2D eigenvalue weighted by molar-refractivity contribution is 5.50. The number of aliphatic hydroxyl groups excluding tert-OH is 1. The summed E-state index contributed by atoms with van der Waals surface area (Å²) in [6.45, 7) is 0.0199. The minimum atomic E-state index is 0.0199. The molecule has 0 amide bonds. The largest absolute Gasteiger partial charge is 0.396 e. The molecule has 14 heavy (non-hydrogen) atoms. The summed E-state index contributed by atoms with van der Waals surface area (Å²) in [5, 5.41) is 12.4. The van der Waals surface area contributed by atoms with Gasteiger partial charge in [0.15, 0.2) is 5.82 Å². The molecule has 0 bridgehead atoms. The third-order valence-corrected chi connectivity index (χ3v) is 1.71. The average Bonchev–Trinajstić information content (AvgIpc) is 2.68. The van der Waals surface area contributed by atoms with Crippen LogP contribution in [0.3, 0.4) is 0 Å². The zero-order valence-electron chi connectivity index (χ0n) is 7.42. The standard InChI is InChI=1S/C9H9N3O2/c13-5-3-8-11-9(14-12-8)7-2-1-4-10-6-7/h1-2,4,6,13H,3,5H2. The molecule has 72 valence electrons. The van der Waals surface area contributed by atoms with Crippen LogP contribution in [-0.4, -0.2) is 26.8 Å². The van der Waals surface area contributed by atoms with E-state index < -0.39 is 0 Å². The summed E-state index contributed by atoms with van der Waals surface area (Å²) >= 11 is 0. The van der Waals surface area contributed by atoms with Gasteiger partial charge in [0.25, 0.3) is 5.89 Å². The Hall–Kier alpha value is -1.75. The minimum Gasteiger partial charge on any atom is -0.396 e. The highest BCUT2D eigenvalue weighted by Crippen LogP contribution is 2.14. The summed E-state index contributed by atoms with van der Waals surface area (Å²) in [5.74, 6) is 0.938. The van der Waals surface area contributed by atoms with E-state index in [1.165, 1.54) is 0 Å². The van der Waals surface area contributed by atoms with Gasteiger partial charge in [0.05, 0.1) is 12.2 Å². The van der Waals surface area contributed by atoms with Crippen molar-refractivity contribution >= 4 is 0 Å². The molecule has 2 aromatic heterocycles. The van der Waals surface area contributed by atoms with E-state index in [2.05, 4.69) is 15.1 Å². The van der Waals surface area contributed by atoms with Crippen LogP contribution in [-0.2, 0) is 6.42 Å². The number of hydrogen-bond donors (Lipinski definition) is 1. The molecule has 0 fully saturated rings. The lowest BCUT2D eigenvalue weighted by Gasteiger charge is -1.89. The second-order valence-electron chi connectivity index (χ2n) is 2.73. The number of rotatable bonds is 3. The second-order valence-corrected chi connectivity index (χ2v) is 2.73. The summed E-state index contributed by atoms with van der Waals surface area (Å²) in [6.07, 6.45) is 3.73. The first-order valence-corrected chi connectivity index (χ1v) is 4.24. The van der Waals surface area contributed by atoms with E-state index >= 15 is 0 Å². The van der Waals surface area contributed by atoms with Crippen LogP contribution in [0.5, 0.6) is 0 Å². The van der Waals surface area contributed by atoms with Crippen molar-refractivity contribution < 1.29 is 9.63 Å². The van der Waals surface area contributed by atoms with Crippen molar-refractivity contribution in [1.82, 2.24) is 15.1 Å². The fraction of sp³-hybridized carbons (Fsp3) is 0.222. The first-order valence-electron chi connectivity index (χ1n) is 4.24. The van der Waals surface area contributed by atoms with Crippen LogP contribution in [0.25, 0.3) is 11.5 Å². The van der Waals surface area contributed by atoms with Crippen molar-refractivity contribution in [3.05, 3.63) is 30.4 Å². The number of aliphatic hydroxyl groups is 1. The molecular formula is C9H9N3O2. The van der Waals surface area contributed by atoms with Gasteiger partial charge < -0.3 is 9.63 Å². The Kier molecular flexibility index (Phi) is 2.51. The quantitative estimate of drug-likeness (QED) is 0.771. The average molecular weight is 191 g/mol. The van der Waals surface area contributed by atoms with Crippen molar-refractivity contribution in [3.63, 3.8) is 0 Å². The third kappa shape index (κ3) is 1.77. The molecule has 2 rings (SSSR count). The fourth-order valence-corrected chi connectivity index (χ4v) is 1.06. The van der Waals surface area contributed by atoms with E-state index in [-0.39, 0.29) is 6.61 Å². The van der Waals surface area contributed by atoms with E-state index in [1.54, 1.807) is 18.5 Å². The van der Waals surface area contributed by atoms with Crippen molar-refractivity contribution in [1.29, 1.82) is 0 Å². The van der Waals surface area contributed by atoms with Crippen molar-refractivity contribution in [3.8, 4) is 11.5 Å². The highest BCUT2D eigenvalue weighted by atomic mass is 16.5. The molecule has 0 aliphatic rings. The summed E-state index contributed by atoms with van der Waals surface area (Å²) in [6, 6.07) is 3.63. The molecule has 0 spiro atoms. The van der Waals surface area contributed by atoms with Crippen LogP contribution in [0, 0.1) is 0 Å².